The SMILES string of the molecule is Cc1noc(COC(=O)c2ccccc2C(=O)c2ccccc2)n1. The van der Waals surface area contributed by atoms with Crippen molar-refractivity contribution in [2.75, 3.05) is 0 Å². The topological polar surface area (TPSA) is 82.3 Å². The highest BCUT2D eigenvalue weighted by Crippen LogP contribution is 2.16. The van der Waals surface area contributed by atoms with E-state index in [1.165, 1.54) is 0 Å². The van der Waals surface area contributed by atoms with Crippen LogP contribution in [0.2, 0.25) is 0 Å². The summed E-state index contributed by atoms with van der Waals surface area (Å²) >= 11 is 0. The molecule has 0 saturated carbocycles. The van der Waals surface area contributed by atoms with E-state index in [-0.39, 0.29) is 29.4 Å². The van der Waals surface area contributed by atoms with Crippen LogP contribution in [0.25, 0.3) is 0 Å². The molecule has 0 amide bonds. The van der Waals surface area contributed by atoms with Gasteiger partial charge in [0.1, 0.15) is 0 Å². The van der Waals surface area contributed by atoms with Gasteiger partial charge < -0.3 is 9.26 Å². The Morgan fingerprint density at radius 3 is 2.33 bits per heavy atom. The van der Waals surface area contributed by atoms with Crippen LogP contribution in [0.5, 0.6) is 0 Å². The fourth-order valence-electron chi connectivity index (χ4n) is 2.21. The molecule has 2 aromatic carbocycles. The van der Waals surface area contributed by atoms with Crippen LogP contribution in [0.1, 0.15) is 38.0 Å². The summed E-state index contributed by atoms with van der Waals surface area (Å²) < 4.78 is 10.1. The second kappa shape index (κ2) is 6.87. The highest BCUT2D eigenvalue weighted by atomic mass is 16.6. The molecule has 24 heavy (non-hydrogen) atoms. The lowest BCUT2D eigenvalue weighted by molar-refractivity contribution is 0.0427. The summed E-state index contributed by atoms with van der Waals surface area (Å²) in [6.07, 6.45) is 0. The van der Waals surface area contributed by atoms with Crippen LogP contribution in [0.4, 0.5) is 0 Å². The second-order valence-corrected chi connectivity index (χ2v) is 5.05. The molecule has 0 aliphatic carbocycles. The van der Waals surface area contributed by atoms with Crippen molar-refractivity contribution < 1.29 is 18.8 Å². The summed E-state index contributed by atoms with van der Waals surface area (Å²) in [6, 6.07) is 15.3. The molecule has 6 nitrogen and oxygen atoms in total. The van der Waals surface area contributed by atoms with Gasteiger partial charge in [-0.2, -0.15) is 4.98 Å². The van der Waals surface area contributed by atoms with Crippen LogP contribution < -0.4 is 0 Å². The molecule has 1 heterocycles. The molecule has 0 N–H and O–H groups in total. The highest BCUT2D eigenvalue weighted by molar-refractivity contribution is 6.14. The van der Waals surface area contributed by atoms with Crippen LogP contribution in [-0.2, 0) is 11.3 Å². The van der Waals surface area contributed by atoms with E-state index in [4.69, 9.17) is 9.26 Å². The van der Waals surface area contributed by atoms with Crippen LogP contribution in [0, 0.1) is 6.92 Å². The van der Waals surface area contributed by atoms with Crippen molar-refractivity contribution in [3.05, 3.63) is 83.0 Å². The molecule has 1 aromatic heterocycles. The number of carbonyl (C=O) groups is 2. The number of nitrogens with zero attached hydrogens (tertiary/aromatic N) is 2. The number of ketones is 1. The Bertz CT molecular complexity index is 871. The zero-order chi connectivity index (χ0) is 16.9. The van der Waals surface area contributed by atoms with E-state index in [1.54, 1.807) is 55.5 Å². The first-order valence-electron chi connectivity index (χ1n) is 7.30. The molecule has 0 aliphatic heterocycles. The molecule has 0 unspecified atom stereocenters. The lowest BCUT2D eigenvalue weighted by Crippen LogP contribution is -2.12. The molecule has 3 aromatic rings. The molecular formula is C18H14N2O4. The molecular weight excluding hydrogens is 308 g/mol. The number of hydrogen-bond acceptors (Lipinski definition) is 6. The lowest BCUT2D eigenvalue weighted by Gasteiger charge is -2.08. The molecule has 0 saturated heterocycles. The Hall–Kier alpha value is -3.28. The van der Waals surface area contributed by atoms with Gasteiger partial charge in [-0.05, 0) is 13.0 Å². The van der Waals surface area contributed by atoms with Crippen LogP contribution >= 0.6 is 0 Å². The summed E-state index contributed by atoms with van der Waals surface area (Å²) in [6.45, 7) is 1.52. The number of aryl methyl sites for hydroxylation is 1. The summed E-state index contributed by atoms with van der Waals surface area (Å²) in [5.41, 5.74) is 0.989. The largest absolute Gasteiger partial charge is 0.452 e. The number of esters is 1. The zero-order valence-corrected chi connectivity index (χ0v) is 12.9. The molecule has 6 heteroatoms. The molecule has 0 bridgehead atoms. The van der Waals surface area contributed by atoms with E-state index in [9.17, 15) is 9.59 Å². The molecule has 0 fully saturated rings. The Kier molecular flexibility index (Phi) is 4.47. The highest BCUT2D eigenvalue weighted by Gasteiger charge is 2.19. The first kappa shape index (κ1) is 15.6. The minimum atomic E-state index is -0.620. The third-order valence-corrected chi connectivity index (χ3v) is 3.32. The zero-order valence-electron chi connectivity index (χ0n) is 12.9. The fraction of sp³-hybridized carbons (Fsp3) is 0.111. The minimum absolute atomic E-state index is 0.145. The van der Waals surface area contributed by atoms with Gasteiger partial charge in [0.15, 0.2) is 18.2 Å². The fourth-order valence-corrected chi connectivity index (χ4v) is 2.21. The third kappa shape index (κ3) is 3.38. The van der Waals surface area contributed by atoms with E-state index in [2.05, 4.69) is 10.1 Å². The maximum Gasteiger partial charge on any atom is 0.339 e. The average Bonchev–Trinajstić information content (AvgIpc) is 3.05. The molecule has 3 rings (SSSR count). The van der Waals surface area contributed by atoms with E-state index >= 15 is 0 Å². The van der Waals surface area contributed by atoms with E-state index < -0.39 is 5.97 Å². The van der Waals surface area contributed by atoms with Crippen LogP contribution in [0.3, 0.4) is 0 Å². The normalized spacial score (nSPS) is 10.4. The Morgan fingerprint density at radius 1 is 1.00 bits per heavy atom. The van der Waals surface area contributed by atoms with Crippen molar-refractivity contribution in [1.82, 2.24) is 10.1 Å². The predicted octanol–water partition coefficient (Wildman–Crippen LogP) is 2.97. The van der Waals surface area contributed by atoms with Crippen molar-refractivity contribution in [1.29, 1.82) is 0 Å². The first-order valence-corrected chi connectivity index (χ1v) is 7.30. The van der Waals surface area contributed by atoms with Gasteiger partial charge in [0, 0.05) is 11.1 Å². The average molecular weight is 322 g/mol. The molecule has 0 aliphatic rings. The van der Waals surface area contributed by atoms with E-state index in [0.717, 1.165) is 0 Å². The Balaban J connectivity index is 1.81. The lowest BCUT2D eigenvalue weighted by atomic mass is 9.98. The van der Waals surface area contributed by atoms with E-state index in [1.807, 2.05) is 6.07 Å². The van der Waals surface area contributed by atoms with Crippen molar-refractivity contribution in [2.45, 2.75) is 13.5 Å². The maximum atomic E-state index is 12.6. The number of benzene rings is 2. The quantitative estimate of drug-likeness (QED) is 0.530. The summed E-state index contributed by atoms with van der Waals surface area (Å²) in [4.78, 5) is 28.9. The van der Waals surface area contributed by atoms with Crippen molar-refractivity contribution in [3.8, 4) is 0 Å². The third-order valence-electron chi connectivity index (χ3n) is 3.32. The van der Waals surface area contributed by atoms with Gasteiger partial charge in [-0.15, -0.1) is 0 Å². The smallest absolute Gasteiger partial charge is 0.339 e. The second-order valence-electron chi connectivity index (χ2n) is 5.05. The van der Waals surface area contributed by atoms with Gasteiger partial charge in [0.05, 0.1) is 5.56 Å². The monoisotopic (exact) mass is 322 g/mol. The van der Waals surface area contributed by atoms with Gasteiger partial charge in [-0.3, -0.25) is 4.79 Å². The van der Waals surface area contributed by atoms with Gasteiger partial charge in [-0.1, -0.05) is 53.7 Å². The maximum absolute atomic E-state index is 12.6. The first-order chi connectivity index (χ1) is 11.6. The minimum Gasteiger partial charge on any atom is -0.452 e. The summed E-state index contributed by atoms with van der Waals surface area (Å²) in [5, 5.41) is 3.62. The number of aromatic nitrogens is 2. The molecule has 0 atom stereocenters. The summed E-state index contributed by atoms with van der Waals surface area (Å²) in [7, 11) is 0. The predicted molar refractivity (Wildman–Crippen MR) is 84.5 cm³/mol. The standard InChI is InChI=1S/C18H14N2O4/c1-12-19-16(24-20-12)11-23-18(22)15-10-6-5-9-14(15)17(21)13-7-3-2-4-8-13/h2-10H,11H2,1H3. The van der Waals surface area contributed by atoms with Crippen molar-refractivity contribution >= 4 is 11.8 Å². The number of hydrogen-bond donors (Lipinski definition) is 0. The van der Waals surface area contributed by atoms with Gasteiger partial charge in [0.25, 0.3) is 5.89 Å². The molecule has 120 valence electrons. The van der Waals surface area contributed by atoms with Gasteiger partial charge in [-0.25, -0.2) is 4.79 Å². The number of ether oxygens (including phenoxy) is 1. The Labute approximate surface area is 138 Å². The van der Waals surface area contributed by atoms with Gasteiger partial charge >= 0.3 is 5.97 Å². The Morgan fingerprint density at radius 2 is 1.67 bits per heavy atom. The van der Waals surface area contributed by atoms with Crippen LogP contribution in [-0.4, -0.2) is 21.9 Å². The number of rotatable bonds is 5. The van der Waals surface area contributed by atoms with E-state index in [0.29, 0.717) is 11.4 Å². The molecule has 0 spiro atoms. The molecule has 0 radical (unpaired) electrons. The van der Waals surface area contributed by atoms with Crippen LogP contribution in [0.15, 0.2) is 59.1 Å². The van der Waals surface area contributed by atoms with Crippen molar-refractivity contribution in [3.63, 3.8) is 0 Å². The summed E-state index contributed by atoms with van der Waals surface area (Å²) in [5.74, 6) is -0.198. The number of carbonyl (C=O) groups excluding carboxylic acids is 2. The van der Waals surface area contributed by atoms with Gasteiger partial charge in [0.2, 0.25) is 0 Å². The van der Waals surface area contributed by atoms with Crippen molar-refractivity contribution in [2.24, 2.45) is 0 Å².